The number of hydrogen-bond donors (Lipinski definition) is 0. The van der Waals surface area contributed by atoms with E-state index in [0.717, 1.165) is 48.5 Å². The number of esters is 7. The summed E-state index contributed by atoms with van der Waals surface area (Å²) in [5, 5.41) is -1.09. The van der Waals surface area contributed by atoms with Crippen LogP contribution in [0.1, 0.15) is 48.5 Å². The zero-order valence-corrected chi connectivity index (χ0v) is 26.6. The molecule has 0 aliphatic carbocycles. The van der Waals surface area contributed by atoms with Crippen molar-refractivity contribution in [1.82, 2.24) is 0 Å². The van der Waals surface area contributed by atoms with Crippen molar-refractivity contribution in [2.45, 2.75) is 109 Å². The minimum Gasteiger partial charge on any atom is -0.463 e. The highest BCUT2D eigenvalue weighted by atomic mass is 79.9. The van der Waals surface area contributed by atoms with Crippen LogP contribution in [0.15, 0.2) is 0 Å². The average molecular weight is 699 g/mol. The molecular weight excluding hydrogens is 664 g/mol. The lowest BCUT2D eigenvalue weighted by Crippen LogP contribution is -2.66. The second kappa shape index (κ2) is 16.6. The van der Waals surface area contributed by atoms with E-state index in [2.05, 4.69) is 15.9 Å². The second-order valence-electron chi connectivity index (χ2n) is 9.64. The molecule has 0 spiro atoms. The van der Waals surface area contributed by atoms with Gasteiger partial charge in [-0.3, -0.25) is 33.6 Å². The molecule has 18 heteroatoms. The van der Waals surface area contributed by atoms with Crippen molar-refractivity contribution in [3.63, 3.8) is 0 Å². The molecule has 17 nitrogen and oxygen atoms in total. The van der Waals surface area contributed by atoms with Crippen LogP contribution >= 0.6 is 15.9 Å². The first kappa shape index (κ1) is 36.8. The molecule has 0 aromatic heterocycles. The Morgan fingerprint density at radius 2 is 0.841 bits per heavy atom. The van der Waals surface area contributed by atoms with Gasteiger partial charge in [0.2, 0.25) is 0 Å². The summed E-state index contributed by atoms with van der Waals surface area (Å²) in [5.74, 6) is -5.63. The van der Waals surface area contributed by atoms with Crippen molar-refractivity contribution in [1.29, 1.82) is 0 Å². The Bertz CT molecular complexity index is 1090. The zero-order valence-electron chi connectivity index (χ0n) is 25.0. The molecule has 44 heavy (non-hydrogen) atoms. The third kappa shape index (κ3) is 11.0. The van der Waals surface area contributed by atoms with E-state index in [9.17, 15) is 33.6 Å². The van der Waals surface area contributed by atoms with Crippen molar-refractivity contribution in [3.8, 4) is 0 Å². The first-order valence-corrected chi connectivity index (χ1v) is 14.1. The molecule has 0 bridgehead atoms. The van der Waals surface area contributed by atoms with Crippen LogP contribution in [0.2, 0.25) is 0 Å². The van der Waals surface area contributed by atoms with Gasteiger partial charge in [-0.1, -0.05) is 15.9 Å². The van der Waals surface area contributed by atoms with Crippen LogP contribution in [-0.4, -0.2) is 115 Å². The Labute approximate surface area is 260 Å². The van der Waals surface area contributed by atoms with Gasteiger partial charge in [0, 0.05) is 48.5 Å². The van der Waals surface area contributed by atoms with Gasteiger partial charge in [0.05, 0.1) is 0 Å². The maximum Gasteiger partial charge on any atom is 0.303 e. The monoisotopic (exact) mass is 698 g/mol. The summed E-state index contributed by atoms with van der Waals surface area (Å²) in [6.07, 6.45) is -13.2. The molecule has 0 aromatic carbocycles. The molecule has 0 aromatic rings. The lowest BCUT2D eigenvalue weighted by molar-refractivity contribution is -0.341. The fourth-order valence-electron chi connectivity index (χ4n) is 4.46. The maximum absolute atomic E-state index is 12.2. The number of carbonyl (C=O) groups excluding carboxylic acids is 7. The Morgan fingerprint density at radius 3 is 1.27 bits per heavy atom. The molecule has 248 valence electrons. The summed E-state index contributed by atoms with van der Waals surface area (Å²) in [7, 11) is 0. The van der Waals surface area contributed by atoms with Gasteiger partial charge in [-0.15, -0.1) is 0 Å². The van der Waals surface area contributed by atoms with Gasteiger partial charge in [0.1, 0.15) is 31.5 Å². The minimum atomic E-state index is -1.73. The normalized spacial score (nSPS) is 31.5. The number of rotatable bonds is 11. The molecule has 2 heterocycles. The van der Waals surface area contributed by atoms with Gasteiger partial charge < -0.3 is 47.4 Å². The van der Waals surface area contributed by atoms with Crippen LogP contribution in [-0.2, 0) is 80.9 Å². The number of alkyl halides is 1. The molecule has 2 fully saturated rings. The first-order chi connectivity index (χ1) is 20.5. The highest BCUT2D eigenvalue weighted by molar-refractivity contribution is 9.09. The van der Waals surface area contributed by atoms with Crippen LogP contribution in [0.3, 0.4) is 0 Å². The summed E-state index contributed by atoms with van der Waals surface area (Å²) in [6, 6.07) is 0. The average Bonchev–Trinajstić information content (AvgIpc) is 2.87. The number of hydrogen-bond acceptors (Lipinski definition) is 17. The van der Waals surface area contributed by atoms with Gasteiger partial charge in [0.15, 0.2) is 41.8 Å². The van der Waals surface area contributed by atoms with E-state index in [4.69, 9.17) is 47.4 Å². The van der Waals surface area contributed by atoms with Crippen LogP contribution in [0.25, 0.3) is 0 Å². The lowest BCUT2D eigenvalue weighted by Gasteiger charge is -2.48. The topological polar surface area (TPSA) is 212 Å². The number of ether oxygens (including phenoxy) is 10. The van der Waals surface area contributed by atoms with Crippen molar-refractivity contribution < 1.29 is 80.9 Å². The highest BCUT2D eigenvalue weighted by Gasteiger charge is 2.57. The van der Waals surface area contributed by atoms with E-state index in [-0.39, 0.29) is 0 Å². The highest BCUT2D eigenvalue weighted by Crippen LogP contribution is 2.36. The lowest BCUT2D eigenvalue weighted by atomic mass is 9.96. The Kier molecular flexibility index (Phi) is 13.9. The van der Waals surface area contributed by atoms with Gasteiger partial charge >= 0.3 is 41.8 Å². The molecule has 0 amide bonds. The SMILES string of the molecule is CC(=O)OC[C@H]1O[C@@H](O[C@H]2[C@H](OC(C)=O)[C@H](OC(C)=O)[C@@H](Br)O[C@@H]2COC(C)=O)[C@@H](OC(C)=O)[C@@H](OC(C)=O)[C@@H]1OC(C)=O. The minimum absolute atomic E-state index is 0.460. The fourth-order valence-corrected chi connectivity index (χ4v) is 5.15. The smallest absolute Gasteiger partial charge is 0.303 e. The third-order valence-electron chi connectivity index (χ3n) is 5.87. The van der Waals surface area contributed by atoms with E-state index in [1.807, 2.05) is 0 Å². The first-order valence-electron chi connectivity index (χ1n) is 13.2. The quantitative estimate of drug-likeness (QED) is 0.158. The van der Waals surface area contributed by atoms with Gasteiger partial charge in [0.25, 0.3) is 0 Å². The van der Waals surface area contributed by atoms with Gasteiger partial charge in [-0.05, 0) is 0 Å². The predicted molar refractivity (Wildman–Crippen MR) is 142 cm³/mol. The molecular formula is C26H35BrO17. The third-order valence-corrected chi connectivity index (χ3v) is 6.61. The predicted octanol–water partition coefficient (Wildman–Crippen LogP) is 0.00100. The molecule has 0 saturated carbocycles. The Morgan fingerprint density at radius 1 is 0.477 bits per heavy atom. The van der Waals surface area contributed by atoms with Crippen LogP contribution in [0.4, 0.5) is 0 Å². The summed E-state index contributed by atoms with van der Waals surface area (Å²) >= 11 is 3.23. The zero-order chi connectivity index (χ0) is 33.3. The summed E-state index contributed by atoms with van der Waals surface area (Å²) in [6.45, 7) is 6.57. The molecule has 0 unspecified atom stereocenters. The van der Waals surface area contributed by atoms with E-state index < -0.39 is 115 Å². The largest absolute Gasteiger partial charge is 0.463 e. The summed E-state index contributed by atoms with van der Waals surface area (Å²) in [5.41, 5.74) is 0. The molecule has 2 aliphatic heterocycles. The molecule has 10 atom stereocenters. The van der Waals surface area contributed by atoms with Crippen LogP contribution < -0.4 is 0 Å². The second-order valence-corrected chi connectivity index (χ2v) is 10.5. The number of halogens is 1. The Balaban J connectivity index is 2.66. The number of carbonyl (C=O) groups is 7. The standard InChI is InChI=1S/C26H35BrO17/c1-10(28)35-8-17-20(21(38-13(4)31)23(25(27)42-17)40-15(6)33)44-26-24(41-16(7)34)22(39-14(5)32)19(37-12(3)30)18(43-26)9-36-11(2)29/h17-26H,8-9H2,1-7H3/t17-,18-,19-,20-,21+,22+,23+,24+,25+,26+/m1/s1. The van der Waals surface area contributed by atoms with Crippen LogP contribution in [0.5, 0.6) is 0 Å². The van der Waals surface area contributed by atoms with Crippen molar-refractivity contribution in [2.24, 2.45) is 0 Å². The maximum atomic E-state index is 12.2. The summed E-state index contributed by atoms with van der Waals surface area (Å²) in [4.78, 5) is 83.8. The molecule has 2 saturated heterocycles. The molecule has 2 rings (SSSR count). The molecule has 0 radical (unpaired) electrons. The molecule has 0 N–H and O–H groups in total. The van der Waals surface area contributed by atoms with Crippen molar-refractivity contribution in [3.05, 3.63) is 0 Å². The van der Waals surface area contributed by atoms with E-state index >= 15 is 0 Å². The van der Waals surface area contributed by atoms with Gasteiger partial charge in [-0.25, -0.2) is 0 Å². The summed E-state index contributed by atoms with van der Waals surface area (Å²) < 4.78 is 55.2. The van der Waals surface area contributed by atoms with Crippen LogP contribution in [0, 0.1) is 0 Å². The Hall–Kier alpha value is -3.35. The van der Waals surface area contributed by atoms with E-state index in [1.165, 1.54) is 0 Å². The van der Waals surface area contributed by atoms with E-state index in [0.29, 0.717) is 0 Å². The van der Waals surface area contributed by atoms with Crippen molar-refractivity contribution >= 4 is 57.7 Å². The molecule has 2 aliphatic rings. The van der Waals surface area contributed by atoms with E-state index in [1.54, 1.807) is 0 Å². The fraction of sp³-hybridized carbons (Fsp3) is 0.731. The van der Waals surface area contributed by atoms with Gasteiger partial charge in [-0.2, -0.15) is 0 Å². The van der Waals surface area contributed by atoms with Crippen molar-refractivity contribution in [2.75, 3.05) is 13.2 Å².